The molecule has 21 heavy (non-hydrogen) atoms. The number of amidine groups is 1. The van der Waals surface area contributed by atoms with Gasteiger partial charge in [-0.3, -0.25) is 4.90 Å². The lowest BCUT2D eigenvalue weighted by Crippen LogP contribution is -2.37. The molecule has 1 unspecified atom stereocenters. The first-order chi connectivity index (χ1) is 10.1. The van der Waals surface area contributed by atoms with Crippen molar-refractivity contribution in [2.45, 2.75) is 26.3 Å². The Bertz CT molecular complexity index is 516. The van der Waals surface area contributed by atoms with Crippen LogP contribution in [-0.4, -0.2) is 48.2 Å². The number of nitrogens with zero attached hydrogens (tertiary/aromatic N) is 3. The van der Waals surface area contributed by atoms with Crippen LogP contribution in [0.1, 0.15) is 25.8 Å². The number of rotatable bonds is 5. The van der Waals surface area contributed by atoms with Gasteiger partial charge < -0.3 is 15.8 Å². The monoisotopic (exact) mass is 310 g/mol. The van der Waals surface area contributed by atoms with Crippen LogP contribution in [0.15, 0.2) is 23.4 Å². The fourth-order valence-corrected chi connectivity index (χ4v) is 3.21. The van der Waals surface area contributed by atoms with Crippen molar-refractivity contribution >= 4 is 23.1 Å². The maximum absolute atomic E-state index is 8.96. The van der Waals surface area contributed by atoms with E-state index in [1.54, 1.807) is 6.07 Å². The lowest BCUT2D eigenvalue weighted by molar-refractivity contribution is 0.232. The van der Waals surface area contributed by atoms with Crippen LogP contribution in [0.2, 0.25) is 5.02 Å². The van der Waals surface area contributed by atoms with E-state index >= 15 is 0 Å². The van der Waals surface area contributed by atoms with E-state index in [4.69, 9.17) is 22.5 Å². The Balaban J connectivity index is 2.24. The van der Waals surface area contributed by atoms with E-state index in [0.717, 1.165) is 38.3 Å². The molecule has 1 aromatic carbocycles. The van der Waals surface area contributed by atoms with Crippen LogP contribution in [-0.2, 0) is 0 Å². The first-order valence-electron chi connectivity index (χ1n) is 7.37. The molecule has 0 radical (unpaired) electrons. The molecular weight excluding hydrogens is 288 g/mol. The van der Waals surface area contributed by atoms with Gasteiger partial charge in [0.2, 0.25) is 0 Å². The van der Waals surface area contributed by atoms with Crippen molar-refractivity contribution in [3.05, 3.63) is 28.8 Å². The van der Waals surface area contributed by atoms with Gasteiger partial charge in [-0.15, -0.1) is 0 Å². The third kappa shape index (κ3) is 3.41. The number of hydrogen-bond donors (Lipinski definition) is 2. The molecule has 0 aliphatic carbocycles. The van der Waals surface area contributed by atoms with Crippen LogP contribution in [0.4, 0.5) is 5.69 Å². The van der Waals surface area contributed by atoms with Gasteiger partial charge >= 0.3 is 0 Å². The molecule has 0 aromatic heterocycles. The second-order valence-electron chi connectivity index (χ2n) is 5.26. The molecule has 2 rings (SSSR count). The molecule has 6 heteroatoms. The topological polar surface area (TPSA) is 65.1 Å². The quantitative estimate of drug-likeness (QED) is 0.379. The fraction of sp³-hybridized carbons (Fsp3) is 0.533. The average Bonchev–Trinajstić information content (AvgIpc) is 2.97. The highest BCUT2D eigenvalue weighted by Gasteiger charge is 2.28. The minimum Gasteiger partial charge on any atom is -0.409 e. The predicted octanol–water partition coefficient (Wildman–Crippen LogP) is 2.36. The average molecular weight is 311 g/mol. The molecule has 1 aromatic rings. The molecule has 1 saturated heterocycles. The highest BCUT2D eigenvalue weighted by Crippen LogP contribution is 2.28. The number of oxime groups is 1. The smallest absolute Gasteiger partial charge is 0.172 e. The Kier molecular flexibility index (Phi) is 5.31. The molecule has 0 spiro atoms. The van der Waals surface area contributed by atoms with Crippen molar-refractivity contribution in [2.24, 2.45) is 10.9 Å². The molecule has 0 saturated carbocycles. The predicted molar refractivity (Wildman–Crippen MR) is 87.5 cm³/mol. The van der Waals surface area contributed by atoms with Crippen molar-refractivity contribution in [1.29, 1.82) is 0 Å². The molecule has 3 N–H and O–H groups in total. The third-order valence-corrected chi connectivity index (χ3v) is 4.41. The minimum atomic E-state index is 0.0961. The summed E-state index contributed by atoms with van der Waals surface area (Å²) in [5.74, 6) is 0.0961. The largest absolute Gasteiger partial charge is 0.409 e. The summed E-state index contributed by atoms with van der Waals surface area (Å²) in [6, 6.07) is 6.09. The number of nitrogens with two attached hydrogens (primary N) is 1. The molecule has 1 aliphatic rings. The van der Waals surface area contributed by atoms with E-state index in [9.17, 15) is 0 Å². The summed E-state index contributed by atoms with van der Waals surface area (Å²) in [6.45, 7) is 8.42. The Labute approximate surface area is 131 Å². The van der Waals surface area contributed by atoms with Crippen LogP contribution in [0.5, 0.6) is 0 Å². The molecule has 0 bridgehead atoms. The summed E-state index contributed by atoms with van der Waals surface area (Å²) in [7, 11) is 0. The van der Waals surface area contributed by atoms with Gasteiger partial charge in [0.1, 0.15) is 0 Å². The number of anilines is 1. The van der Waals surface area contributed by atoms with Crippen LogP contribution in [0.25, 0.3) is 0 Å². The number of hydrogen-bond acceptors (Lipinski definition) is 4. The van der Waals surface area contributed by atoms with E-state index in [1.807, 2.05) is 12.1 Å². The zero-order valence-corrected chi connectivity index (χ0v) is 13.3. The van der Waals surface area contributed by atoms with E-state index in [-0.39, 0.29) is 5.84 Å². The summed E-state index contributed by atoms with van der Waals surface area (Å²) >= 11 is 6.03. The molecule has 1 heterocycles. The molecular formula is C15H23ClN4O. The molecule has 1 fully saturated rings. The summed E-state index contributed by atoms with van der Waals surface area (Å²) in [6.07, 6.45) is 1.12. The second kappa shape index (κ2) is 7.00. The van der Waals surface area contributed by atoms with Crippen molar-refractivity contribution < 1.29 is 5.21 Å². The standard InChI is InChI=1S/C15H23ClN4O/c1-3-19(4-2)12-7-8-20(10-12)14-6-5-11(16)9-13(14)15(17)18-21/h5-6,9,12,21H,3-4,7-8,10H2,1-2H3,(H2,17,18). The number of likely N-dealkylation sites (N-methyl/N-ethyl adjacent to an activating group) is 1. The summed E-state index contributed by atoms with van der Waals surface area (Å²) in [4.78, 5) is 4.76. The maximum Gasteiger partial charge on any atom is 0.172 e. The van der Waals surface area contributed by atoms with Crippen molar-refractivity contribution in [3.8, 4) is 0 Å². The summed E-state index contributed by atoms with van der Waals surface area (Å²) in [5, 5.41) is 12.7. The van der Waals surface area contributed by atoms with Crippen LogP contribution >= 0.6 is 11.6 Å². The Morgan fingerprint density at radius 1 is 1.48 bits per heavy atom. The highest BCUT2D eigenvalue weighted by atomic mass is 35.5. The second-order valence-corrected chi connectivity index (χ2v) is 5.69. The van der Waals surface area contributed by atoms with E-state index < -0.39 is 0 Å². The number of benzene rings is 1. The summed E-state index contributed by atoms with van der Waals surface area (Å²) < 4.78 is 0. The zero-order valence-electron chi connectivity index (χ0n) is 12.6. The highest BCUT2D eigenvalue weighted by molar-refractivity contribution is 6.31. The van der Waals surface area contributed by atoms with Gasteiger partial charge in [0.25, 0.3) is 0 Å². The van der Waals surface area contributed by atoms with Gasteiger partial charge in [0.05, 0.1) is 0 Å². The first-order valence-corrected chi connectivity index (χ1v) is 7.74. The van der Waals surface area contributed by atoms with Gasteiger partial charge in [0.15, 0.2) is 5.84 Å². The molecule has 1 aliphatic heterocycles. The van der Waals surface area contributed by atoms with E-state index in [2.05, 4.69) is 28.8 Å². The lowest BCUT2D eigenvalue weighted by Gasteiger charge is -2.27. The SMILES string of the molecule is CCN(CC)C1CCN(c2ccc(Cl)cc2C(N)=NO)C1. The Morgan fingerprint density at radius 3 is 2.81 bits per heavy atom. The van der Waals surface area contributed by atoms with Gasteiger partial charge in [-0.2, -0.15) is 0 Å². The van der Waals surface area contributed by atoms with Crippen LogP contribution in [0.3, 0.4) is 0 Å². The van der Waals surface area contributed by atoms with E-state index in [0.29, 0.717) is 16.6 Å². The Morgan fingerprint density at radius 2 is 2.19 bits per heavy atom. The minimum absolute atomic E-state index is 0.0961. The molecule has 0 amide bonds. The fourth-order valence-electron chi connectivity index (χ4n) is 3.04. The van der Waals surface area contributed by atoms with Crippen molar-refractivity contribution in [1.82, 2.24) is 4.90 Å². The van der Waals surface area contributed by atoms with Gasteiger partial charge in [0, 0.05) is 35.4 Å². The van der Waals surface area contributed by atoms with Crippen molar-refractivity contribution in [3.63, 3.8) is 0 Å². The van der Waals surface area contributed by atoms with Crippen LogP contribution < -0.4 is 10.6 Å². The normalized spacial score (nSPS) is 19.5. The van der Waals surface area contributed by atoms with E-state index in [1.165, 1.54) is 0 Å². The van der Waals surface area contributed by atoms with Gasteiger partial charge in [-0.1, -0.05) is 30.6 Å². The molecule has 5 nitrogen and oxygen atoms in total. The first kappa shape index (κ1) is 15.9. The molecule has 1 atom stereocenters. The molecule has 116 valence electrons. The van der Waals surface area contributed by atoms with Crippen LogP contribution in [0, 0.1) is 0 Å². The lowest BCUT2D eigenvalue weighted by atomic mass is 10.1. The summed E-state index contributed by atoms with van der Waals surface area (Å²) in [5.41, 5.74) is 7.44. The third-order valence-electron chi connectivity index (χ3n) is 4.18. The van der Waals surface area contributed by atoms with Crippen molar-refractivity contribution in [2.75, 3.05) is 31.1 Å². The van der Waals surface area contributed by atoms with Gasteiger partial charge in [-0.25, -0.2) is 0 Å². The Hall–Kier alpha value is -1.46. The zero-order chi connectivity index (χ0) is 15.4. The maximum atomic E-state index is 8.96. The van der Waals surface area contributed by atoms with Gasteiger partial charge in [-0.05, 0) is 37.7 Å². The number of halogens is 1.